The van der Waals surface area contributed by atoms with Crippen LogP contribution in [0.2, 0.25) is 0 Å². The van der Waals surface area contributed by atoms with Gasteiger partial charge in [-0.2, -0.15) is 0 Å². The van der Waals surface area contributed by atoms with Crippen molar-refractivity contribution in [3.8, 4) is 0 Å². The summed E-state index contributed by atoms with van der Waals surface area (Å²) in [5.74, 6) is -0.0220. The number of carbonyl (C=O) groups excluding carboxylic acids is 1. The van der Waals surface area contributed by atoms with Crippen LogP contribution in [0.1, 0.15) is 96.9 Å². The monoisotopic (exact) mass is 590 g/mol. The van der Waals surface area contributed by atoms with Gasteiger partial charge >= 0.3 is 5.97 Å². The van der Waals surface area contributed by atoms with Crippen molar-refractivity contribution in [2.75, 3.05) is 7.11 Å². The Bertz CT molecular complexity index is 1660. The summed E-state index contributed by atoms with van der Waals surface area (Å²) < 4.78 is 4.95. The number of hydrogen-bond donors (Lipinski definition) is 3. The number of nitrogens with zero attached hydrogens (tertiary/aromatic N) is 2. The number of aromatic nitrogens is 4. The van der Waals surface area contributed by atoms with Crippen LogP contribution < -0.4 is 0 Å². The standard InChI is InChI=1S/C32H38N4O3.Zn/c1-8-21-17(3)27-14-30-23(15-37)19(5)26(35-30)13-28-18(4)22(9-10-31(38)39-7)32(36-28)20(6)25-11-16(2)24(33-25)12-29(21)34-27;/h11-14,18,22,33,35,37H,8-10,15H2,1-7H3;. The summed E-state index contributed by atoms with van der Waals surface area (Å²) in [6.45, 7) is 12.6. The van der Waals surface area contributed by atoms with Crippen LogP contribution in [0, 0.1) is 20.8 Å². The Kier molecular flexibility index (Phi) is 8.81. The third-order valence-electron chi connectivity index (χ3n) is 8.61. The van der Waals surface area contributed by atoms with Crippen molar-refractivity contribution < 1.29 is 34.1 Å². The minimum absolute atomic E-state index is 0. The number of fused-ring (bicyclic) bond motifs is 8. The first-order valence-corrected chi connectivity index (χ1v) is 13.8. The van der Waals surface area contributed by atoms with Crippen molar-refractivity contribution in [1.82, 2.24) is 19.9 Å². The van der Waals surface area contributed by atoms with Crippen molar-refractivity contribution in [3.63, 3.8) is 0 Å². The quantitative estimate of drug-likeness (QED) is 0.221. The molecule has 8 bridgehead atoms. The van der Waals surface area contributed by atoms with Gasteiger partial charge in [-0.05, 0) is 92.6 Å². The first kappa shape index (κ1) is 29.9. The topological polar surface area (TPSA) is 104 Å². The van der Waals surface area contributed by atoms with Crippen molar-refractivity contribution in [3.05, 3.63) is 69.3 Å². The molecule has 0 fully saturated rings. The van der Waals surface area contributed by atoms with Crippen LogP contribution in [-0.2, 0) is 35.6 Å². The molecule has 0 saturated carbocycles. The Hall–Kier alpha value is -3.09. The Morgan fingerprint density at radius 1 is 0.950 bits per heavy atom. The molecule has 0 saturated heterocycles. The van der Waals surface area contributed by atoms with Gasteiger partial charge in [0.25, 0.3) is 0 Å². The molecular formula is C32H38N4O3Zn. The number of hydrogen-bond acceptors (Lipinski definition) is 5. The number of aryl methyl sites for hydroxylation is 3. The Balaban J connectivity index is 0.00000370. The van der Waals surface area contributed by atoms with Gasteiger partial charge in [-0.25, -0.2) is 4.98 Å². The number of allylic oxidation sites excluding steroid dienone is 2. The summed E-state index contributed by atoms with van der Waals surface area (Å²) in [4.78, 5) is 29.4. The maximum atomic E-state index is 12.1. The molecule has 0 aliphatic carbocycles. The average Bonchev–Trinajstić information content (AvgIpc) is 3.61. The van der Waals surface area contributed by atoms with Crippen molar-refractivity contribution in [2.45, 2.75) is 79.2 Å². The number of methoxy groups -OCH3 is 1. The van der Waals surface area contributed by atoms with Gasteiger partial charge in [0.1, 0.15) is 0 Å². The SMILES string of the molecule is CCC1=C(C)c2cc3[nH]c(cc4nc(c(C)c5cc(C)c(cc1n2)[nH]5)C(CCC(=O)OC)C4C)c(C)c3CO.[Zn]. The number of aliphatic hydroxyl groups excluding tert-OH is 1. The number of carbonyl (C=O) groups is 1. The predicted octanol–water partition coefficient (Wildman–Crippen LogP) is 6.91. The van der Waals surface area contributed by atoms with E-state index in [2.05, 4.69) is 68.9 Å². The second-order valence-electron chi connectivity index (χ2n) is 10.8. The first-order valence-electron chi connectivity index (χ1n) is 13.8. The molecule has 5 rings (SSSR count). The summed E-state index contributed by atoms with van der Waals surface area (Å²) in [7, 11) is 1.43. The van der Waals surface area contributed by atoms with E-state index in [0.717, 1.165) is 79.1 Å². The Morgan fingerprint density at radius 3 is 2.30 bits per heavy atom. The summed E-state index contributed by atoms with van der Waals surface area (Å²) in [6.07, 6.45) is 1.87. The van der Waals surface area contributed by atoms with Crippen LogP contribution in [0.25, 0.3) is 33.2 Å². The van der Waals surface area contributed by atoms with Gasteiger partial charge < -0.3 is 19.8 Å². The van der Waals surface area contributed by atoms with E-state index < -0.39 is 0 Å². The fourth-order valence-electron chi connectivity index (χ4n) is 6.02. The molecule has 2 unspecified atom stereocenters. The summed E-state index contributed by atoms with van der Waals surface area (Å²) in [5, 5.41) is 10.3. The smallest absolute Gasteiger partial charge is 0.305 e. The number of esters is 1. The van der Waals surface area contributed by atoms with Gasteiger partial charge in [0.2, 0.25) is 0 Å². The maximum Gasteiger partial charge on any atom is 0.305 e. The van der Waals surface area contributed by atoms with Crippen LogP contribution in [0.4, 0.5) is 0 Å². The summed E-state index contributed by atoms with van der Waals surface area (Å²) in [5.41, 5.74) is 14.1. The minimum Gasteiger partial charge on any atom is -0.469 e. The second kappa shape index (κ2) is 11.8. The number of nitrogens with one attached hydrogen (secondary N) is 2. The molecule has 3 aromatic heterocycles. The Morgan fingerprint density at radius 2 is 1.62 bits per heavy atom. The maximum absolute atomic E-state index is 12.1. The van der Waals surface area contributed by atoms with E-state index in [-0.39, 0.29) is 43.9 Å². The van der Waals surface area contributed by atoms with E-state index in [9.17, 15) is 9.90 Å². The van der Waals surface area contributed by atoms with E-state index in [4.69, 9.17) is 14.7 Å². The van der Waals surface area contributed by atoms with Crippen molar-refractivity contribution >= 4 is 39.2 Å². The van der Waals surface area contributed by atoms with Crippen LogP contribution in [-0.4, -0.2) is 38.1 Å². The molecule has 0 radical (unpaired) electrons. The number of H-pyrrole nitrogens is 2. The zero-order valence-electron chi connectivity index (χ0n) is 24.7. The normalized spacial score (nSPS) is 16.7. The number of aromatic amines is 2. The van der Waals surface area contributed by atoms with E-state index >= 15 is 0 Å². The molecular weight excluding hydrogens is 554 g/mol. The van der Waals surface area contributed by atoms with E-state index in [1.165, 1.54) is 12.7 Å². The molecule has 2 aliphatic heterocycles. The number of rotatable bonds is 5. The Labute approximate surface area is 248 Å². The third kappa shape index (κ3) is 5.20. The molecule has 0 amide bonds. The molecule has 3 aromatic rings. The molecule has 0 aromatic carbocycles. The number of ether oxygens (including phenoxy) is 1. The van der Waals surface area contributed by atoms with Crippen LogP contribution in [0.3, 0.4) is 0 Å². The van der Waals surface area contributed by atoms with Gasteiger partial charge in [0.05, 0.1) is 25.1 Å². The van der Waals surface area contributed by atoms with Gasteiger partial charge in [0.15, 0.2) is 0 Å². The zero-order valence-corrected chi connectivity index (χ0v) is 27.6. The summed E-state index contributed by atoms with van der Waals surface area (Å²) >= 11 is 0. The van der Waals surface area contributed by atoms with E-state index in [1.54, 1.807) is 0 Å². The molecule has 2 aliphatic rings. The molecule has 5 heterocycles. The van der Waals surface area contributed by atoms with Gasteiger partial charge in [0, 0.05) is 76.8 Å². The van der Waals surface area contributed by atoms with Gasteiger partial charge in [-0.1, -0.05) is 13.8 Å². The molecule has 3 N–H and O–H groups in total. The summed E-state index contributed by atoms with van der Waals surface area (Å²) in [6, 6.07) is 8.46. The molecule has 206 valence electrons. The molecule has 0 spiro atoms. The zero-order chi connectivity index (χ0) is 28.0. The van der Waals surface area contributed by atoms with E-state index in [0.29, 0.717) is 12.8 Å². The number of aliphatic hydroxyl groups is 1. The van der Waals surface area contributed by atoms with Crippen molar-refractivity contribution in [1.29, 1.82) is 0 Å². The van der Waals surface area contributed by atoms with Crippen LogP contribution >= 0.6 is 0 Å². The third-order valence-corrected chi connectivity index (χ3v) is 8.61. The predicted molar refractivity (Wildman–Crippen MR) is 156 cm³/mol. The van der Waals surface area contributed by atoms with Crippen LogP contribution in [0.5, 0.6) is 0 Å². The second-order valence-corrected chi connectivity index (χ2v) is 10.8. The largest absolute Gasteiger partial charge is 0.469 e. The fourth-order valence-corrected chi connectivity index (χ4v) is 6.02. The van der Waals surface area contributed by atoms with Gasteiger partial charge in [-0.3, -0.25) is 9.78 Å². The molecule has 2 atom stereocenters. The van der Waals surface area contributed by atoms with Gasteiger partial charge in [-0.15, -0.1) is 0 Å². The van der Waals surface area contributed by atoms with Crippen LogP contribution in [0.15, 0.2) is 24.3 Å². The fraction of sp³-hybridized carbons (Fsp3) is 0.406. The molecule has 8 heteroatoms. The van der Waals surface area contributed by atoms with Crippen molar-refractivity contribution in [2.24, 2.45) is 0 Å². The molecule has 7 nitrogen and oxygen atoms in total. The molecule has 40 heavy (non-hydrogen) atoms. The first-order chi connectivity index (χ1) is 18.7. The minimum atomic E-state index is -0.209. The van der Waals surface area contributed by atoms with E-state index in [1.807, 2.05) is 6.92 Å². The average molecular weight is 592 g/mol.